The maximum absolute atomic E-state index is 13.4. The fourth-order valence-electron chi connectivity index (χ4n) is 9.52. The zero-order chi connectivity index (χ0) is 48.5. The van der Waals surface area contributed by atoms with E-state index in [1.807, 2.05) is 83.3 Å². The van der Waals surface area contributed by atoms with E-state index >= 15 is 0 Å². The number of hydrogen-bond donors (Lipinski definition) is 0. The van der Waals surface area contributed by atoms with Crippen LogP contribution in [0.3, 0.4) is 0 Å². The average Bonchev–Trinajstić information content (AvgIpc) is 3.96. The lowest BCUT2D eigenvalue weighted by Crippen LogP contribution is -2.48. The van der Waals surface area contributed by atoms with Crippen molar-refractivity contribution >= 4 is 53.0 Å². The summed E-state index contributed by atoms with van der Waals surface area (Å²) in [6, 6.07) is 15.9. The molecule has 6 aromatic rings. The molecule has 0 amide bonds. The number of ether oxygens (including phenoxy) is 3. The van der Waals surface area contributed by atoms with E-state index in [0.717, 1.165) is 60.6 Å². The van der Waals surface area contributed by atoms with Crippen LogP contribution in [0.4, 0.5) is 10.3 Å². The number of piperazine rings is 2. The summed E-state index contributed by atoms with van der Waals surface area (Å²) in [5, 5.41) is 5.91. The van der Waals surface area contributed by atoms with Crippen LogP contribution in [0.1, 0.15) is 50.1 Å². The van der Waals surface area contributed by atoms with E-state index in [1.54, 1.807) is 41.3 Å². The van der Waals surface area contributed by atoms with E-state index in [1.165, 1.54) is 33.6 Å². The number of rotatable bonds is 11. The first-order valence-corrected chi connectivity index (χ1v) is 26.9. The second-order valence-electron chi connectivity index (χ2n) is 17.5. The normalized spacial score (nSPS) is 15.0. The van der Waals surface area contributed by atoms with Gasteiger partial charge < -0.3 is 24.0 Å². The molecule has 13 nitrogen and oxygen atoms in total. The molecule has 8 rings (SSSR count). The predicted molar refractivity (Wildman–Crippen MR) is 272 cm³/mol. The van der Waals surface area contributed by atoms with Crippen LogP contribution in [0.25, 0.3) is 22.5 Å². The van der Waals surface area contributed by atoms with Crippen molar-refractivity contribution in [1.82, 2.24) is 18.6 Å². The molecule has 4 heterocycles. The summed E-state index contributed by atoms with van der Waals surface area (Å²) in [4.78, 5) is 15.0. The molecule has 0 unspecified atom stereocenters. The van der Waals surface area contributed by atoms with Crippen LogP contribution < -0.4 is 24.0 Å². The van der Waals surface area contributed by atoms with Gasteiger partial charge in [-0.3, -0.25) is 0 Å². The minimum Gasteiger partial charge on any atom is -0.493 e. The number of hydrogen-bond acceptors (Lipinski definition) is 13. The van der Waals surface area contributed by atoms with Gasteiger partial charge in [0.2, 0.25) is 25.8 Å². The van der Waals surface area contributed by atoms with Crippen molar-refractivity contribution in [1.29, 1.82) is 0 Å². The van der Waals surface area contributed by atoms with Gasteiger partial charge in [0.15, 0.2) is 21.8 Å². The van der Waals surface area contributed by atoms with Crippen molar-refractivity contribution < 1.29 is 31.0 Å². The number of thiazole rings is 2. The SMILES string of the molecule is COc1cc(-c2csc(N3CCN(S(=O)(=O)c4c(C)cc(C)cc4C)CC3)n2)cc(OC)c1OC.Cc1cc(C)c(-c2csc(N3CCN(S(=O)(=O)c4c(C)cc(C)cc4C)CC3)n2)c(C)c1. The maximum atomic E-state index is 13.4. The summed E-state index contributed by atoms with van der Waals surface area (Å²) in [7, 11) is -2.33. The van der Waals surface area contributed by atoms with Gasteiger partial charge in [-0.05, 0) is 108 Å². The molecule has 0 saturated carbocycles. The molecule has 2 aliphatic rings. The summed E-state index contributed by atoms with van der Waals surface area (Å²) >= 11 is 3.16. The largest absolute Gasteiger partial charge is 0.493 e. The van der Waals surface area contributed by atoms with Gasteiger partial charge in [-0.2, -0.15) is 8.61 Å². The average molecular weight is 987 g/mol. The Labute approximate surface area is 405 Å². The van der Waals surface area contributed by atoms with Gasteiger partial charge in [-0.15, -0.1) is 22.7 Å². The van der Waals surface area contributed by atoms with Crippen molar-refractivity contribution in [3.63, 3.8) is 0 Å². The Balaban J connectivity index is 0.000000200. The third-order valence-corrected chi connectivity index (χ3v) is 18.5. The van der Waals surface area contributed by atoms with Gasteiger partial charge in [0.05, 0.1) is 42.5 Å². The lowest BCUT2D eigenvalue weighted by Gasteiger charge is -2.34. The number of aryl methyl sites for hydroxylation is 9. The summed E-state index contributed by atoms with van der Waals surface area (Å²) in [6.45, 7) is 22.0. The van der Waals surface area contributed by atoms with Gasteiger partial charge in [-0.25, -0.2) is 26.8 Å². The monoisotopic (exact) mass is 986 g/mol. The molecule has 0 N–H and O–H groups in total. The topological polar surface area (TPSA) is 135 Å². The molecule has 2 fully saturated rings. The molecule has 0 spiro atoms. The van der Waals surface area contributed by atoms with Crippen molar-refractivity contribution in [3.05, 3.63) is 109 Å². The Bertz CT molecular complexity index is 2910. The molecule has 0 atom stereocenters. The van der Waals surface area contributed by atoms with Crippen molar-refractivity contribution in [2.45, 2.75) is 72.1 Å². The summed E-state index contributed by atoms with van der Waals surface area (Å²) < 4.78 is 73.1. The molecule has 17 heteroatoms. The fourth-order valence-corrected chi connectivity index (χ4v) is 15.0. The van der Waals surface area contributed by atoms with Crippen LogP contribution in [-0.2, 0) is 20.0 Å². The highest BCUT2D eigenvalue weighted by molar-refractivity contribution is 7.89. The molecular formula is C50H62N6O7S4. The summed E-state index contributed by atoms with van der Waals surface area (Å²) in [5.74, 6) is 1.67. The molecule has 4 aromatic carbocycles. The van der Waals surface area contributed by atoms with Crippen LogP contribution in [-0.4, -0.2) is 109 Å². The lowest BCUT2D eigenvalue weighted by atomic mass is 9.98. The second-order valence-corrected chi connectivity index (χ2v) is 22.9. The van der Waals surface area contributed by atoms with Crippen LogP contribution in [0, 0.1) is 62.3 Å². The molecule has 0 bridgehead atoms. The van der Waals surface area contributed by atoms with E-state index in [-0.39, 0.29) is 0 Å². The molecule has 358 valence electrons. The van der Waals surface area contributed by atoms with Crippen LogP contribution >= 0.6 is 22.7 Å². The number of aromatic nitrogens is 2. The highest BCUT2D eigenvalue weighted by atomic mass is 32.2. The van der Waals surface area contributed by atoms with E-state index < -0.39 is 20.0 Å². The molecule has 67 heavy (non-hydrogen) atoms. The zero-order valence-electron chi connectivity index (χ0n) is 40.6. The van der Waals surface area contributed by atoms with Crippen molar-refractivity contribution in [2.24, 2.45) is 0 Å². The molecule has 2 aromatic heterocycles. The quantitative estimate of drug-likeness (QED) is 0.123. The maximum Gasteiger partial charge on any atom is 0.243 e. The van der Waals surface area contributed by atoms with Gasteiger partial charge in [0.25, 0.3) is 0 Å². The fraction of sp³-hybridized carbons (Fsp3) is 0.400. The van der Waals surface area contributed by atoms with Crippen LogP contribution in [0.15, 0.2) is 69.1 Å². The molecular weight excluding hydrogens is 925 g/mol. The van der Waals surface area contributed by atoms with Gasteiger partial charge >= 0.3 is 0 Å². The Morgan fingerprint density at radius 1 is 0.463 bits per heavy atom. The lowest BCUT2D eigenvalue weighted by molar-refractivity contribution is 0.324. The van der Waals surface area contributed by atoms with Crippen molar-refractivity contribution in [2.75, 3.05) is 83.5 Å². The molecule has 0 radical (unpaired) electrons. The first-order valence-electron chi connectivity index (χ1n) is 22.2. The highest BCUT2D eigenvalue weighted by Crippen LogP contribution is 2.42. The van der Waals surface area contributed by atoms with E-state index in [9.17, 15) is 16.8 Å². The smallest absolute Gasteiger partial charge is 0.243 e. The third kappa shape index (κ3) is 10.4. The predicted octanol–water partition coefficient (Wildman–Crippen LogP) is 9.44. The number of anilines is 2. The molecule has 0 aliphatic carbocycles. The first-order chi connectivity index (χ1) is 31.8. The van der Waals surface area contributed by atoms with E-state index in [0.29, 0.717) is 79.4 Å². The minimum atomic E-state index is -3.56. The Morgan fingerprint density at radius 3 is 1.16 bits per heavy atom. The van der Waals surface area contributed by atoms with E-state index in [4.69, 9.17) is 24.2 Å². The number of methoxy groups -OCH3 is 3. The number of sulfonamides is 2. The Morgan fingerprint density at radius 2 is 0.806 bits per heavy atom. The molecule has 2 aliphatic heterocycles. The number of benzene rings is 4. The Hall–Kier alpha value is -5.04. The first kappa shape index (κ1) is 49.9. The third-order valence-electron chi connectivity index (χ3n) is 12.3. The molecule has 2 saturated heterocycles. The minimum absolute atomic E-state index is 0.411. The van der Waals surface area contributed by atoms with Gasteiger partial charge in [0, 0.05) is 74.2 Å². The van der Waals surface area contributed by atoms with E-state index in [2.05, 4.69) is 48.1 Å². The van der Waals surface area contributed by atoms with Gasteiger partial charge in [0.1, 0.15) is 0 Å². The zero-order valence-corrected chi connectivity index (χ0v) is 43.9. The Kier molecular flexibility index (Phi) is 15.1. The van der Waals surface area contributed by atoms with Gasteiger partial charge in [-0.1, -0.05) is 53.1 Å². The summed E-state index contributed by atoms with van der Waals surface area (Å²) in [6.07, 6.45) is 0. The van der Waals surface area contributed by atoms with Crippen LogP contribution in [0.2, 0.25) is 0 Å². The number of nitrogens with zero attached hydrogens (tertiary/aromatic N) is 6. The second kappa shape index (κ2) is 20.3. The summed E-state index contributed by atoms with van der Waals surface area (Å²) in [5.41, 5.74) is 13.0. The highest BCUT2D eigenvalue weighted by Gasteiger charge is 2.33. The van der Waals surface area contributed by atoms with Crippen molar-refractivity contribution in [3.8, 4) is 39.8 Å². The van der Waals surface area contributed by atoms with Crippen LogP contribution in [0.5, 0.6) is 17.2 Å². The standard InChI is InChI=1S/C25H31N3O5S2.C25H31N3O2S2/c1-16-11-17(2)24(18(3)12-16)35(29,30)28-9-7-27(8-10-28)25-26-20(15-34-25)19-13-21(31-4)23(33-6)22(14-19)32-5;1-16-11-18(3)23(19(4)12-16)22-15-31-25(26-22)27-7-9-28(10-8-27)32(29,30)24-20(5)13-17(2)14-21(24)6/h11-15H,7-10H2,1-6H3;11-15H,7-10H2,1-6H3.